The van der Waals surface area contributed by atoms with Crippen molar-refractivity contribution in [1.82, 2.24) is 4.90 Å². The average molecular weight is 282 g/mol. The van der Waals surface area contributed by atoms with E-state index in [2.05, 4.69) is 32.6 Å². The molecular weight excluding hydrogens is 253 g/mol. The van der Waals surface area contributed by atoms with Gasteiger partial charge in [0.2, 0.25) is 0 Å². The van der Waals surface area contributed by atoms with Crippen molar-refractivity contribution in [1.29, 1.82) is 0 Å². The second kappa shape index (κ2) is 7.48. The van der Waals surface area contributed by atoms with Crippen molar-refractivity contribution >= 4 is 0 Å². The highest BCUT2D eigenvalue weighted by molar-refractivity contribution is 4.89. The van der Waals surface area contributed by atoms with Gasteiger partial charge in [0.15, 0.2) is 0 Å². The van der Waals surface area contributed by atoms with Gasteiger partial charge < -0.3 is 5.73 Å². The van der Waals surface area contributed by atoms with E-state index in [1.807, 2.05) is 6.92 Å². The highest BCUT2D eigenvalue weighted by Crippen LogP contribution is 2.29. The molecule has 5 heteroatoms. The molecule has 2 nitrogen and oxygen atoms in total. The Balaban J connectivity index is 4.69. The van der Waals surface area contributed by atoms with Crippen LogP contribution < -0.4 is 5.73 Å². The molecule has 0 fully saturated rings. The van der Waals surface area contributed by atoms with Gasteiger partial charge in [-0.15, -0.1) is 0 Å². The molecular formula is C14H29F3N2. The molecule has 0 aliphatic rings. The molecule has 0 aromatic rings. The number of hydrogen-bond acceptors (Lipinski definition) is 2. The second-order valence-corrected chi connectivity index (χ2v) is 6.31. The maximum Gasteiger partial charge on any atom is 0.389 e. The van der Waals surface area contributed by atoms with Crippen LogP contribution in [-0.4, -0.2) is 35.7 Å². The zero-order valence-corrected chi connectivity index (χ0v) is 12.8. The van der Waals surface area contributed by atoms with E-state index in [1.165, 1.54) is 0 Å². The lowest BCUT2D eigenvalue weighted by molar-refractivity contribution is -0.137. The van der Waals surface area contributed by atoms with E-state index in [-0.39, 0.29) is 18.0 Å². The van der Waals surface area contributed by atoms with Gasteiger partial charge in [-0.3, -0.25) is 4.90 Å². The molecule has 0 aliphatic carbocycles. The van der Waals surface area contributed by atoms with E-state index in [1.54, 1.807) is 0 Å². The summed E-state index contributed by atoms with van der Waals surface area (Å²) in [6.07, 6.45) is -4.18. The van der Waals surface area contributed by atoms with Crippen molar-refractivity contribution in [2.45, 2.75) is 71.6 Å². The maximum absolute atomic E-state index is 12.3. The van der Waals surface area contributed by atoms with Crippen LogP contribution in [0.2, 0.25) is 0 Å². The van der Waals surface area contributed by atoms with Crippen molar-refractivity contribution in [3.8, 4) is 0 Å². The molecule has 19 heavy (non-hydrogen) atoms. The molecule has 0 aromatic carbocycles. The number of nitrogens with two attached hydrogens (primary N) is 1. The lowest BCUT2D eigenvalue weighted by Crippen LogP contribution is -2.55. The SMILES string of the molecule is CC(C)CN(C(C)C)C(C)(CN)CCCC(F)(F)F. The first kappa shape index (κ1) is 18.7. The van der Waals surface area contributed by atoms with Crippen LogP contribution in [0, 0.1) is 5.92 Å². The fraction of sp³-hybridized carbons (Fsp3) is 1.00. The maximum atomic E-state index is 12.3. The minimum atomic E-state index is -4.07. The lowest BCUT2D eigenvalue weighted by atomic mass is 9.90. The Bertz CT molecular complexity index is 252. The Morgan fingerprint density at radius 3 is 1.89 bits per heavy atom. The monoisotopic (exact) mass is 282 g/mol. The van der Waals surface area contributed by atoms with Gasteiger partial charge in [-0.05, 0) is 39.5 Å². The van der Waals surface area contributed by atoms with E-state index < -0.39 is 12.6 Å². The Morgan fingerprint density at radius 2 is 1.58 bits per heavy atom. The third-order valence-corrected chi connectivity index (χ3v) is 3.49. The average Bonchev–Trinajstić information content (AvgIpc) is 2.23. The summed E-state index contributed by atoms with van der Waals surface area (Å²) >= 11 is 0. The molecule has 116 valence electrons. The third kappa shape index (κ3) is 7.16. The van der Waals surface area contributed by atoms with Crippen LogP contribution in [0.1, 0.15) is 53.9 Å². The fourth-order valence-corrected chi connectivity index (χ4v) is 2.48. The Morgan fingerprint density at radius 1 is 1.05 bits per heavy atom. The summed E-state index contributed by atoms with van der Waals surface area (Å²) in [5, 5.41) is 0. The zero-order chi connectivity index (χ0) is 15.3. The van der Waals surface area contributed by atoms with Crippen molar-refractivity contribution in [2.24, 2.45) is 11.7 Å². The van der Waals surface area contributed by atoms with E-state index >= 15 is 0 Å². The highest BCUT2D eigenvalue weighted by atomic mass is 19.4. The van der Waals surface area contributed by atoms with Gasteiger partial charge in [0.25, 0.3) is 0 Å². The van der Waals surface area contributed by atoms with Gasteiger partial charge in [0, 0.05) is 31.1 Å². The molecule has 0 bridgehead atoms. The standard InChI is InChI=1S/C14H29F3N2/c1-11(2)9-19(12(3)4)13(5,10-18)7-6-8-14(15,16)17/h11-12H,6-10,18H2,1-5H3. The molecule has 0 saturated carbocycles. The number of rotatable bonds is 8. The molecule has 1 atom stereocenters. The van der Waals surface area contributed by atoms with Gasteiger partial charge in [-0.25, -0.2) is 0 Å². The molecule has 0 aliphatic heterocycles. The minimum Gasteiger partial charge on any atom is -0.329 e. The van der Waals surface area contributed by atoms with Crippen molar-refractivity contribution < 1.29 is 13.2 Å². The quantitative estimate of drug-likeness (QED) is 0.733. The molecule has 0 spiro atoms. The minimum absolute atomic E-state index is 0.137. The summed E-state index contributed by atoms with van der Waals surface area (Å²) in [6, 6.07) is 0.279. The van der Waals surface area contributed by atoms with Gasteiger partial charge in [0.05, 0.1) is 0 Å². The van der Waals surface area contributed by atoms with Crippen LogP contribution in [0.25, 0.3) is 0 Å². The Labute approximate surface area is 115 Å². The largest absolute Gasteiger partial charge is 0.389 e. The molecule has 0 heterocycles. The van der Waals surface area contributed by atoms with E-state index in [4.69, 9.17) is 5.73 Å². The van der Waals surface area contributed by atoms with Gasteiger partial charge in [-0.2, -0.15) is 13.2 Å². The topological polar surface area (TPSA) is 29.3 Å². The first-order valence-corrected chi connectivity index (χ1v) is 7.05. The second-order valence-electron chi connectivity index (χ2n) is 6.31. The number of nitrogens with zero attached hydrogens (tertiary/aromatic N) is 1. The highest BCUT2D eigenvalue weighted by Gasteiger charge is 2.34. The van der Waals surface area contributed by atoms with Crippen LogP contribution in [0.15, 0.2) is 0 Å². The molecule has 2 N–H and O–H groups in total. The third-order valence-electron chi connectivity index (χ3n) is 3.49. The van der Waals surface area contributed by atoms with Crippen LogP contribution in [0.5, 0.6) is 0 Å². The van der Waals surface area contributed by atoms with Crippen molar-refractivity contribution in [3.05, 3.63) is 0 Å². The predicted molar refractivity (Wildman–Crippen MR) is 74.0 cm³/mol. The lowest BCUT2D eigenvalue weighted by Gasteiger charge is -2.44. The van der Waals surface area contributed by atoms with Gasteiger partial charge in [-0.1, -0.05) is 13.8 Å². The summed E-state index contributed by atoms with van der Waals surface area (Å²) < 4.78 is 36.8. The molecule has 0 aromatic heterocycles. The summed E-state index contributed by atoms with van der Waals surface area (Å²) in [4.78, 5) is 2.24. The molecule has 1 unspecified atom stereocenters. The first-order chi connectivity index (χ1) is 8.52. The molecule has 0 radical (unpaired) electrons. The van der Waals surface area contributed by atoms with E-state index in [0.717, 1.165) is 6.54 Å². The number of alkyl halides is 3. The van der Waals surface area contributed by atoms with E-state index in [9.17, 15) is 13.2 Å². The fourth-order valence-electron chi connectivity index (χ4n) is 2.48. The summed E-state index contributed by atoms with van der Waals surface area (Å²) in [6.45, 7) is 11.6. The molecule has 0 rings (SSSR count). The number of halogens is 3. The molecule has 0 amide bonds. The summed E-state index contributed by atoms with van der Waals surface area (Å²) in [5.41, 5.74) is 5.49. The Hall–Kier alpha value is -0.290. The van der Waals surface area contributed by atoms with Gasteiger partial charge in [0.1, 0.15) is 0 Å². The van der Waals surface area contributed by atoms with Crippen LogP contribution in [0.4, 0.5) is 13.2 Å². The normalized spacial score (nSPS) is 16.4. The summed E-state index contributed by atoms with van der Waals surface area (Å²) in [5.74, 6) is 0.468. The van der Waals surface area contributed by atoms with Gasteiger partial charge >= 0.3 is 6.18 Å². The van der Waals surface area contributed by atoms with Crippen LogP contribution in [0.3, 0.4) is 0 Å². The Kier molecular flexibility index (Phi) is 7.37. The first-order valence-electron chi connectivity index (χ1n) is 7.05. The van der Waals surface area contributed by atoms with Crippen molar-refractivity contribution in [3.63, 3.8) is 0 Å². The smallest absolute Gasteiger partial charge is 0.329 e. The number of hydrogen-bond donors (Lipinski definition) is 1. The van der Waals surface area contributed by atoms with E-state index in [0.29, 0.717) is 18.9 Å². The van der Waals surface area contributed by atoms with Crippen molar-refractivity contribution in [2.75, 3.05) is 13.1 Å². The predicted octanol–water partition coefficient (Wildman–Crippen LogP) is 3.80. The van der Waals surface area contributed by atoms with Crippen LogP contribution >= 0.6 is 0 Å². The zero-order valence-electron chi connectivity index (χ0n) is 12.8. The molecule has 0 saturated heterocycles. The summed E-state index contributed by atoms with van der Waals surface area (Å²) in [7, 11) is 0. The van der Waals surface area contributed by atoms with Crippen LogP contribution in [-0.2, 0) is 0 Å².